The van der Waals surface area contributed by atoms with Gasteiger partial charge in [-0.2, -0.15) is 0 Å². The zero-order valence-electron chi connectivity index (χ0n) is 11.2. The Morgan fingerprint density at radius 1 is 1.05 bits per heavy atom. The zero-order valence-corrected chi connectivity index (χ0v) is 12.0. The van der Waals surface area contributed by atoms with Gasteiger partial charge in [-0.05, 0) is 36.6 Å². The highest BCUT2D eigenvalue weighted by Gasteiger charge is 2.41. The third kappa shape index (κ3) is 2.46. The van der Waals surface area contributed by atoms with Crippen LogP contribution in [0, 0.1) is 0 Å². The van der Waals surface area contributed by atoms with Crippen LogP contribution >= 0.6 is 0 Å². The first kappa shape index (κ1) is 13.3. The summed E-state index contributed by atoms with van der Waals surface area (Å²) in [4.78, 5) is 4.74. The summed E-state index contributed by atoms with van der Waals surface area (Å²) in [6.45, 7) is 0. The van der Waals surface area contributed by atoms with Crippen LogP contribution in [-0.4, -0.2) is 19.7 Å². The van der Waals surface area contributed by atoms with E-state index in [1.807, 2.05) is 12.1 Å². The van der Waals surface area contributed by atoms with Crippen LogP contribution in [0.4, 0.5) is 0 Å². The van der Waals surface area contributed by atoms with E-state index in [1.54, 1.807) is 30.5 Å². The molecule has 1 heterocycles. The Labute approximate surface area is 118 Å². The predicted molar refractivity (Wildman–Crippen MR) is 77.9 cm³/mol. The number of nitrogens with two attached hydrogens (primary N) is 1. The molecule has 0 radical (unpaired) electrons. The van der Waals surface area contributed by atoms with Gasteiger partial charge in [0.25, 0.3) is 0 Å². The SMILES string of the molecule is CS(=O)(=O)c1ccc(-c2ccc(C3(N)CC3)nc2)cc1. The first-order valence-corrected chi connectivity index (χ1v) is 8.34. The van der Waals surface area contributed by atoms with Gasteiger partial charge in [0.15, 0.2) is 9.84 Å². The van der Waals surface area contributed by atoms with Crippen LogP contribution < -0.4 is 5.73 Å². The van der Waals surface area contributed by atoms with E-state index in [0.29, 0.717) is 4.90 Å². The molecule has 1 saturated carbocycles. The minimum atomic E-state index is -3.15. The van der Waals surface area contributed by atoms with E-state index in [0.717, 1.165) is 29.7 Å². The monoisotopic (exact) mass is 288 g/mol. The van der Waals surface area contributed by atoms with Gasteiger partial charge in [0.2, 0.25) is 0 Å². The van der Waals surface area contributed by atoms with Crippen molar-refractivity contribution in [3.63, 3.8) is 0 Å². The molecule has 0 saturated heterocycles. The minimum absolute atomic E-state index is 0.224. The molecule has 2 N–H and O–H groups in total. The fourth-order valence-electron chi connectivity index (χ4n) is 2.14. The molecule has 5 heteroatoms. The molecule has 0 atom stereocenters. The first-order valence-electron chi connectivity index (χ1n) is 6.44. The highest BCUT2D eigenvalue weighted by Crippen LogP contribution is 2.41. The van der Waals surface area contributed by atoms with Gasteiger partial charge in [0.05, 0.1) is 16.1 Å². The summed E-state index contributed by atoms with van der Waals surface area (Å²) in [6, 6.07) is 10.7. The third-order valence-corrected chi connectivity index (χ3v) is 4.81. The van der Waals surface area contributed by atoms with E-state index < -0.39 is 9.84 Å². The van der Waals surface area contributed by atoms with E-state index in [1.165, 1.54) is 6.26 Å². The van der Waals surface area contributed by atoms with Crippen LogP contribution in [0.5, 0.6) is 0 Å². The molecule has 1 aromatic carbocycles. The average molecular weight is 288 g/mol. The van der Waals surface area contributed by atoms with Gasteiger partial charge in [-0.15, -0.1) is 0 Å². The maximum absolute atomic E-state index is 11.4. The van der Waals surface area contributed by atoms with Crippen LogP contribution in [0.25, 0.3) is 11.1 Å². The quantitative estimate of drug-likeness (QED) is 0.938. The lowest BCUT2D eigenvalue weighted by Gasteiger charge is -2.09. The molecular formula is C15H16N2O2S. The summed E-state index contributed by atoms with van der Waals surface area (Å²) < 4.78 is 22.8. The maximum Gasteiger partial charge on any atom is 0.175 e. The van der Waals surface area contributed by atoms with Gasteiger partial charge < -0.3 is 5.73 Å². The molecule has 104 valence electrons. The molecule has 1 aliphatic rings. The Balaban J connectivity index is 1.89. The molecule has 0 spiro atoms. The van der Waals surface area contributed by atoms with Crippen molar-refractivity contribution >= 4 is 9.84 Å². The third-order valence-electron chi connectivity index (χ3n) is 3.68. The highest BCUT2D eigenvalue weighted by atomic mass is 32.2. The van der Waals surface area contributed by atoms with Crippen molar-refractivity contribution < 1.29 is 8.42 Å². The number of benzene rings is 1. The highest BCUT2D eigenvalue weighted by molar-refractivity contribution is 7.90. The first-order chi connectivity index (χ1) is 9.38. The number of rotatable bonds is 3. The second-order valence-corrected chi connectivity index (χ2v) is 7.40. The summed E-state index contributed by atoms with van der Waals surface area (Å²) in [7, 11) is -3.15. The molecule has 1 fully saturated rings. The molecule has 4 nitrogen and oxygen atoms in total. The summed E-state index contributed by atoms with van der Waals surface area (Å²) in [6.07, 6.45) is 4.97. The molecule has 0 unspecified atom stereocenters. The maximum atomic E-state index is 11.4. The smallest absolute Gasteiger partial charge is 0.175 e. The number of hydrogen-bond donors (Lipinski definition) is 1. The van der Waals surface area contributed by atoms with E-state index in [9.17, 15) is 8.42 Å². The molecular weight excluding hydrogens is 272 g/mol. The van der Waals surface area contributed by atoms with E-state index >= 15 is 0 Å². The summed E-state index contributed by atoms with van der Waals surface area (Å²) in [5.41, 5.74) is 8.70. The van der Waals surface area contributed by atoms with Crippen molar-refractivity contribution in [1.29, 1.82) is 0 Å². The molecule has 0 bridgehead atoms. The Morgan fingerprint density at radius 3 is 2.10 bits per heavy atom. The second-order valence-electron chi connectivity index (χ2n) is 5.38. The lowest BCUT2D eigenvalue weighted by molar-refractivity contribution is 0.602. The van der Waals surface area contributed by atoms with Crippen molar-refractivity contribution in [1.82, 2.24) is 4.98 Å². The number of sulfone groups is 1. The molecule has 20 heavy (non-hydrogen) atoms. The molecule has 0 amide bonds. The fourth-order valence-corrected chi connectivity index (χ4v) is 2.78. The largest absolute Gasteiger partial charge is 0.320 e. The number of nitrogens with zero attached hydrogens (tertiary/aromatic N) is 1. The summed E-state index contributed by atoms with van der Waals surface area (Å²) >= 11 is 0. The van der Waals surface area contributed by atoms with Crippen molar-refractivity contribution in [2.45, 2.75) is 23.3 Å². The predicted octanol–water partition coefficient (Wildman–Crippen LogP) is 2.10. The lowest BCUT2D eigenvalue weighted by Crippen LogP contribution is -2.19. The Bertz CT molecular complexity index is 730. The van der Waals surface area contributed by atoms with Gasteiger partial charge in [-0.25, -0.2) is 8.42 Å². The Morgan fingerprint density at radius 2 is 1.65 bits per heavy atom. The van der Waals surface area contributed by atoms with Gasteiger partial charge in [-0.1, -0.05) is 18.2 Å². The van der Waals surface area contributed by atoms with Crippen LogP contribution in [0.3, 0.4) is 0 Å². The topological polar surface area (TPSA) is 73.0 Å². The second kappa shape index (κ2) is 4.40. The molecule has 1 aliphatic carbocycles. The van der Waals surface area contributed by atoms with Crippen LogP contribution in [-0.2, 0) is 15.4 Å². The zero-order chi connectivity index (χ0) is 14.4. The standard InChI is InChI=1S/C15H16N2O2S/c1-20(18,19)13-5-2-11(3-6-13)12-4-7-14(17-10-12)15(16)8-9-15/h2-7,10H,8-9,16H2,1H3. The lowest BCUT2D eigenvalue weighted by atomic mass is 10.1. The Hall–Kier alpha value is -1.72. The average Bonchev–Trinajstić information content (AvgIpc) is 3.18. The van der Waals surface area contributed by atoms with Crippen LogP contribution in [0.15, 0.2) is 47.5 Å². The normalized spacial score (nSPS) is 16.9. The minimum Gasteiger partial charge on any atom is -0.320 e. The van der Waals surface area contributed by atoms with Crippen molar-refractivity contribution in [3.05, 3.63) is 48.3 Å². The molecule has 1 aromatic heterocycles. The van der Waals surface area contributed by atoms with E-state index in [2.05, 4.69) is 4.98 Å². The van der Waals surface area contributed by atoms with Crippen LogP contribution in [0.1, 0.15) is 18.5 Å². The number of aromatic nitrogens is 1. The van der Waals surface area contributed by atoms with Crippen molar-refractivity contribution in [3.8, 4) is 11.1 Å². The van der Waals surface area contributed by atoms with Crippen molar-refractivity contribution in [2.24, 2.45) is 5.73 Å². The number of pyridine rings is 1. The Kier molecular flexibility index (Phi) is 2.92. The fraction of sp³-hybridized carbons (Fsp3) is 0.267. The van der Waals surface area contributed by atoms with Crippen LogP contribution in [0.2, 0.25) is 0 Å². The van der Waals surface area contributed by atoms with E-state index in [4.69, 9.17) is 5.73 Å². The molecule has 3 rings (SSSR count). The molecule has 0 aliphatic heterocycles. The van der Waals surface area contributed by atoms with Gasteiger partial charge in [0, 0.05) is 18.0 Å². The summed E-state index contributed by atoms with van der Waals surface area (Å²) in [5.74, 6) is 0. The van der Waals surface area contributed by atoms with E-state index in [-0.39, 0.29) is 5.54 Å². The van der Waals surface area contributed by atoms with Crippen molar-refractivity contribution in [2.75, 3.05) is 6.26 Å². The number of hydrogen-bond acceptors (Lipinski definition) is 4. The van der Waals surface area contributed by atoms with Gasteiger partial charge in [0.1, 0.15) is 0 Å². The summed E-state index contributed by atoms with van der Waals surface area (Å²) in [5, 5.41) is 0. The van der Waals surface area contributed by atoms with Gasteiger partial charge in [-0.3, -0.25) is 4.98 Å². The molecule has 2 aromatic rings. The van der Waals surface area contributed by atoms with Gasteiger partial charge >= 0.3 is 0 Å².